The number of esters is 3. The predicted octanol–water partition coefficient (Wildman–Crippen LogP) is 24.9. The first-order chi connectivity index (χ1) is 40.0. The van der Waals surface area contributed by atoms with Crippen LogP contribution in [-0.4, -0.2) is 37.2 Å². The number of hydrogen-bond acceptors (Lipinski definition) is 6. The zero-order valence-electron chi connectivity index (χ0n) is 54.6. The minimum Gasteiger partial charge on any atom is -0.462 e. The van der Waals surface area contributed by atoms with Crippen LogP contribution < -0.4 is 0 Å². The fourth-order valence-electron chi connectivity index (χ4n) is 10.9. The van der Waals surface area contributed by atoms with Crippen LogP contribution in [0, 0.1) is 0 Å². The van der Waals surface area contributed by atoms with Crippen LogP contribution in [0.5, 0.6) is 0 Å². The van der Waals surface area contributed by atoms with Gasteiger partial charge in [0.2, 0.25) is 0 Å². The summed E-state index contributed by atoms with van der Waals surface area (Å²) in [5.41, 5.74) is 0. The first kappa shape index (κ1) is 78.4. The zero-order chi connectivity index (χ0) is 58.5. The molecule has 0 radical (unpaired) electrons. The summed E-state index contributed by atoms with van der Waals surface area (Å²) in [6.07, 6.45) is 88.6. The predicted molar refractivity (Wildman–Crippen MR) is 353 cm³/mol. The van der Waals surface area contributed by atoms with Crippen LogP contribution in [-0.2, 0) is 28.6 Å². The largest absolute Gasteiger partial charge is 0.462 e. The third-order valence-corrected chi connectivity index (χ3v) is 16.3. The quantitative estimate of drug-likeness (QED) is 0.0261. The Kier molecular flexibility index (Phi) is 67.6. The molecule has 0 rings (SSSR count). The Hall–Kier alpha value is -2.63. The summed E-state index contributed by atoms with van der Waals surface area (Å²) in [6, 6.07) is 0. The van der Waals surface area contributed by atoms with Crippen LogP contribution in [0.25, 0.3) is 0 Å². The van der Waals surface area contributed by atoms with Crippen molar-refractivity contribution in [2.75, 3.05) is 13.2 Å². The molecule has 0 amide bonds. The maximum atomic E-state index is 13.0. The monoisotopic (exact) mass is 1140 g/mol. The molecule has 0 aromatic rings. The van der Waals surface area contributed by atoms with Gasteiger partial charge in [-0.05, 0) is 77.0 Å². The molecule has 0 N–H and O–H groups in total. The van der Waals surface area contributed by atoms with Gasteiger partial charge >= 0.3 is 17.9 Å². The smallest absolute Gasteiger partial charge is 0.306 e. The molecule has 474 valence electrons. The lowest BCUT2D eigenvalue weighted by Crippen LogP contribution is -2.30. The van der Waals surface area contributed by atoms with Crippen LogP contribution >= 0.6 is 0 Å². The summed E-state index contributed by atoms with van der Waals surface area (Å²) in [4.78, 5) is 38.5. The Labute approximate surface area is 505 Å². The van der Waals surface area contributed by atoms with Crippen molar-refractivity contribution in [3.05, 3.63) is 48.6 Å². The summed E-state index contributed by atoms with van der Waals surface area (Å²) in [5, 5.41) is 0. The van der Waals surface area contributed by atoms with Crippen LogP contribution in [0.15, 0.2) is 48.6 Å². The lowest BCUT2D eigenvalue weighted by Gasteiger charge is -2.18. The third kappa shape index (κ3) is 68.0. The second-order valence-corrected chi connectivity index (χ2v) is 24.5. The molecule has 0 aromatic heterocycles. The molecule has 0 aliphatic heterocycles. The highest BCUT2D eigenvalue weighted by atomic mass is 16.6. The molecule has 6 nitrogen and oxygen atoms in total. The molecule has 0 spiro atoms. The minimum absolute atomic E-state index is 0.0723. The molecule has 0 aromatic carbocycles. The second kappa shape index (κ2) is 69.9. The van der Waals surface area contributed by atoms with Crippen LogP contribution in [0.4, 0.5) is 0 Å². The van der Waals surface area contributed by atoms with Crippen molar-refractivity contribution in [1.29, 1.82) is 0 Å². The van der Waals surface area contributed by atoms with E-state index in [-0.39, 0.29) is 31.1 Å². The summed E-state index contributed by atoms with van der Waals surface area (Å²) in [6.45, 7) is 6.60. The molecule has 0 saturated carbocycles. The van der Waals surface area contributed by atoms with Gasteiger partial charge in [0.25, 0.3) is 0 Å². The fourth-order valence-corrected chi connectivity index (χ4v) is 10.9. The van der Waals surface area contributed by atoms with Crippen molar-refractivity contribution < 1.29 is 28.6 Å². The van der Waals surface area contributed by atoms with E-state index < -0.39 is 6.10 Å². The first-order valence-electron chi connectivity index (χ1n) is 36.1. The number of hydrogen-bond donors (Lipinski definition) is 0. The molecule has 0 bridgehead atoms. The Morgan fingerprint density at radius 3 is 0.765 bits per heavy atom. The Morgan fingerprint density at radius 2 is 0.481 bits per heavy atom. The fraction of sp³-hybridized carbons (Fsp3) is 0.853. The van der Waals surface area contributed by atoms with E-state index in [2.05, 4.69) is 69.4 Å². The maximum Gasteiger partial charge on any atom is 0.306 e. The Balaban J connectivity index is 4.30. The highest BCUT2D eigenvalue weighted by Gasteiger charge is 2.19. The van der Waals surface area contributed by atoms with Crippen molar-refractivity contribution in [1.82, 2.24) is 0 Å². The molecule has 1 unspecified atom stereocenters. The lowest BCUT2D eigenvalue weighted by atomic mass is 10.0. The highest BCUT2D eigenvalue weighted by molar-refractivity contribution is 5.71. The standard InChI is InChI=1S/C75H138O6/c1-4-7-10-13-16-19-22-25-28-31-33-35-37-39-41-44-47-50-53-56-59-62-65-68-74(77)80-71-72(70-79-73(76)67-64-61-58-55-52-49-46-43-30-27-24-21-18-15-12-9-6-3)81-75(78)69-66-63-60-57-54-51-48-45-42-40-38-36-34-32-29-26-23-20-17-14-11-8-5-2/h9,12,18,21,27,30-31,33,72H,4-8,10-11,13-17,19-20,22-26,28-29,32,34-71H2,1-3H3/b12-9-,21-18-,30-27-,33-31-. The van der Waals surface area contributed by atoms with Crippen molar-refractivity contribution >= 4 is 17.9 Å². The number of unbranched alkanes of at least 4 members (excludes halogenated alkanes) is 48. The van der Waals surface area contributed by atoms with Gasteiger partial charge in [-0.25, -0.2) is 0 Å². The number of rotatable bonds is 67. The molecular formula is C75H138O6. The van der Waals surface area contributed by atoms with Gasteiger partial charge in [0.05, 0.1) is 0 Å². The lowest BCUT2D eigenvalue weighted by molar-refractivity contribution is -0.167. The summed E-state index contributed by atoms with van der Waals surface area (Å²) >= 11 is 0. The molecule has 1 atom stereocenters. The average Bonchev–Trinajstić information content (AvgIpc) is 3.47. The molecule has 81 heavy (non-hydrogen) atoms. The Bertz CT molecular complexity index is 1400. The van der Waals surface area contributed by atoms with Gasteiger partial charge in [-0.2, -0.15) is 0 Å². The van der Waals surface area contributed by atoms with E-state index in [0.717, 1.165) is 83.5 Å². The van der Waals surface area contributed by atoms with Gasteiger partial charge in [0, 0.05) is 19.3 Å². The average molecular weight is 1140 g/mol. The van der Waals surface area contributed by atoms with E-state index in [4.69, 9.17) is 14.2 Å². The number of carbonyl (C=O) groups excluding carboxylic acids is 3. The van der Waals surface area contributed by atoms with Crippen LogP contribution in [0.3, 0.4) is 0 Å². The molecule has 0 saturated heterocycles. The summed E-state index contributed by atoms with van der Waals surface area (Å²) in [5.74, 6) is -0.854. The topological polar surface area (TPSA) is 78.9 Å². The van der Waals surface area contributed by atoms with Gasteiger partial charge in [-0.15, -0.1) is 0 Å². The van der Waals surface area contributed by atoms with E-state index in [9.17, 15) is 14.4 Å². The molecular weight excluding hydrogens is 997 g/mol. The number of allylic oxidation sites excluding steroid dienone is 8. The number of ether oxygens (including phenoxy) is 3. The van der Waals surface area contributed by atoms with Gasteiger partial charge in [-0.1, -0.05) is 345 Å². The SMILES string of the molecule is CC/C=C\C/C=C\C/C=C\CCCCCCCCCC(=O)OCC(COC(=O)CCCCCCCCCCCCC/C=C\CCCCCCCCCC)OC(=O)CCCCCCCCCCCCCCCCCCCCCCCCC. The van der Waals surface area contributed by atoms with Gasteiger partial charge in [0.1, 0.15) is 13.2 Å². The van der Waals surface area contributed by atoms with E-state index in [1.165, 1.54) is 270 Å². The Morgan fingerprint density at radius 1 is 0.259 bits per heavy atom. The van der Waals surface area contributed by atoms with Crippen molar-refractivity contribution in [2.45, 2.75) is 399 Å². The normalized spacial score (nSPS) is 12.3. The van der Waals surface area contributed by atoms with E-state index in [1.807, 2.05) is 0 Å². The molecule has 6 heteroatoms. The van der Waals surface area contributed by atoms with Gasteiger partial charge < -0.3 is 14.2 Å². The minimum atomic E-state index is -0.777. The maximum absolute atomic E-state index is 13.0. The zero-order valence-corrected chi connectivity index (χ0v) is 54.6. The first-order valence-corrected chi connectivity index (χ1v) is 36.1. The van der Waals surface area contributed by atoms with Gasteiger partial charge in [-0.3, -0.25) is 14.4 Å². The highest BCUT2D eigenvalue weighted by Crippen LogP contribution is 2.19. The van der Waals surface area contributed by atoms with E-state index in [1.54, 1.807) is 0 Å². The van der Waals surface area contributed by atoms with Gasteiger partial charge in [0.15, 0.2) is 6.10 Å². The van der Waals surface area contributed by atoms with Crippen molar-refractivity contribution in [3.8, 4) is 0 Å². The molecule has 0 fully saturated rings. The second-order valence-electron chi connectivity index (χ2n) is 24.5. The van der Waals surface area contributed by atoms with E-state index >= 15 is 0 Å². The number of carbonyl (C=O) groups is 3. The van der Waals surface area contributed by atoms with Crippen LogP contribution in [0.2, 0.25) is 0 Å². The van der Waals surface area contributed by atoms with E-state index in [0.29, 0.717) is 19.3 Å². The van der Waals surface area contributed by atoms with Crippen molar-refractivity contribution in [2.24, 2.45) is 0 Å². The molecule has 0 aliphatic carbocycles. The summed E-state index contributed by atoms with van der Waals surface area (Å²) < 4.78 is 17.0. The van der Waals surface area contributed by atoms with Crippen LogP contribution in [0.1, 0.15) is 393 Å². The van der Waals surface area contributed by atoms with Crippen molar-refractivity contribution in [3.63, 3.8) is 0 Å². The molecule has 0 aliphatic rings. The summed E-state index contributed by atoms with van der Waals surface area (Å²) in [7, 11) is 0. The third-order valence-electron chi connectivity index (χ3n) is 16.3. The molecule has 0 heterocycles.